The second-order valence-electron chi connectivity index (χ2n) is 8.38. The number of carbonyl (C=O) groups is 1. The summed E-state index contributed by atoms with van der Waals surface area (Å²) in [5.41, 5.74) is 4.56. The second kappa shape index (κ2) is 15.4. The molecule has 0 aromatic rings. The number of aliphatic hydroxyl groups excluding tert-OH is 1. The highest BCUT2D eigenvalue weighted by Crippen LogP contribution is 2.33. The van der Waals surface area contributed by atoms with Crippen molar-refractivity contribution in [3.8, 4) is 0 Å². The van der Waals surface area contributed by atoms with Gasteiger partial charge in [-0.3, -0.25) is 4.79 Å². The molecule has 0 heterocycles. The summed E-state index contributed by atoms with van der Waals surface area (Å²) in [6.45, 7) is 20.1. The molecule has 0 aliphatic heterocycles. The van der Waals surface area contributed by atoms with Crippen molar-refractivity contribution < 1.29 is 19.7 Å². The van der Waals surface area contributed by atoms with E-state index in [1.165, 1.54) is 11.1 Å². The van der Waals surface area contributed by atoms with Crippen LogP contribution in [-0.4, -0.2) is 30.2 Å². The molecule has 4 heteroatoms. The van der Waals surface area contributed by atoms with Gasteiger partial charge in [-0.2, -0.15) is 0 Å². The van der Waals surface area contributed by atoms with E-state index in [9.17, 15) is 9.90 Å². The van der Waals surface area contributed by atoms with Gasteiger partial charge in [-0.25, -0.2) is 9.78 Å². The molecule has 4 nitrogen and oxygen atoms in total. The zero-order valence-corrected chi connectivity index (χ0v) is 19.4. The van der Waals surface area contributed by atoms with E-state index in [1.54, 1.807) is 0 Å². The monoisotopic (exact) mass is 406 g/mol. The predicted molar refractivity (Wildman–Crippen MR) is 121 cm³/mol. The van der Waals surface area contributed by atoms with Crippen molar-refractivity contribution in [2.24, 2.45) is 11.8 Å². The second-order valence-corrected chi connectivity index (χ2v) is 8.38. The van der Waals surface area contributed by atoms with Gasteiger partial charge < -0.3 is 5.11 Å². The lowest BCUT2D eigenvalue weighted by molar-refractivity contribution is -0.335. The van der Waals surface area contributed by atoms with Crippen molar-refractivity contribution in [1.29, 1.82) is 0 Å². The van der Waals surface area contributed by atoms with E-state index < -0.39 is 0 Å². The van der Waals surface area contributed by atoms with Crippen LogP contribution >= 0.6 is 0 Å². The predicted octanol–water partition coefficient (Wildman–Crippen LogP) is 6.13. The summed E-state index contributed by atoms with van der Waals surface area (Å²) in [6, 6.07) is 0. The molecular weight excluding hydrogens is 364 g/mol. The van der Waals surface area contributed by atoms with Crippen molar-refractivity contribution in [2.75, 3.05) is 13.2 Å². The molecule has 1 rings (SSSR count). The van der Waals surface area contributed by atoms with Crippen molar-refractivity contribution >= 4 is 5.78 Å². The lowest BCUT2D eigenvalue weighted by Gasteiger charge is -2.33. The van der Waals surface area contributed by atoms with Gasteiger partial charge in [0.1, 0.15) is 11.9 Å². The maximum Gasteiger partial charge on any atom is 0.136 e. The number of rotatable bonds is 10. The van der Waals surface area contributed by atoms with Gasteiger partial charge in [0, 0.05) is 18.3 Å². The quantitative estimate of drug-likeness (QED) is 0.205. The molecular formula is C25H42O4. The van der Waals surface area contributed by atoms with E-state index >= 15 is 0 Å². The Labute approximate surface area is 178 Å². The lowest BCUT2D eigenvalue weighted by atomic mass is 9.76. The Morgan fingerprint density at radius 2 is 1.79 bits per heavy atom. The average molecular weight is 407 g/mol. The standard InChI is InChI=1S/C16H26O4.C9H16/c1-5-13(10-17)14-9-15(18)12(4)8-16(14)20-19-7-6-11(2)3;1-8(2)6-5-7-9(3)4/h5,12,14,16-17H,2,6-10H2,1,3-4H3;7H,1,5-6H2,2-4H3/b13-5-;. The van der Waals surface area contributed by atoms with E-state index in [2.05, 4.69) is 40.0 Å². The first kappa shape index (κ1) is 27.5. The van der Waals surface area contributed by atoms with E-state index in [1.807, 2.05) is 26.8 Å². The van der Waals surface area contributed by atoms with E-state index in [0.717, 1.165) is 30.4 Å². The third-order valence-corrected chi connectivity index (χ3v) is 4.96. The molecule has 3 atom stereocenters. The van der Waals surface area contributed by atoms with Crippen LogP contribution < -0.4 is 0 Å². The third-order valence-electron chi connectivity index (χ3n) is 4.96. The Bertz CT molecular complexity index is 582. The number of aliphatic hydroxyl groups is 1. The van der Waals surface area contributed by atoms with E-state index in [-0.39, 0.29) is 30.3 Å². The molecule has 1 aliphatic carbocycles. The number of ketones is 1. The minimum absolute atomic E-state index is 0.0159. The van der Waals surface area contributed by atoms with E-state index in [0.29, 0.717) is 19.4 Å². The molecule has 0 bridgehead atoms. The molecule has 0 aromatic carbocycles. The van der Waals surface area contributed by atoms with Crippen LogP contribution in [0.2, 0.25) is 0 Å². The molecule has 0 amide bonds. The highest BCUT2D eigenvalue weighted by Gasteiger charge is 2.36. The van der Waals surface area contributed by atoms with Crippen molar-refractivity contribution in [3.63, 3.8) is 0 Å². The zero-order chi connectivity index (χ0) is 22.4. The number of hydrogen-bond donors (Lipinski definition) is 1. The van der Waals surface area contributed by atoms with Gasteiger partial charge in [0.15, 0.2) is 0 Å². The number of allylic oxidation sites excluding steroid dienone is 4. The summed E-state index contributed by atoms with van der Waals surface area (Å²) in [5, 5.41) is 9.41. The first-order valence-corrected chi connectivity index (χ1v) is 10.6. The molecule has 1 saturated carbocycles. The van der Waals surface area contributed by atoms with Crippen molar-refractivity contribution in [3.05, 3.63) is 47.6 Å². The average Bonchev–Trinajstić information content (AvgIpc) is 2.63. The summed E-state index contributed by atoms with van der Waals surface area (Å²) >= 11 is 0. The minimum Gasteiger partial charge on any atom is -0.392 e. The molecule has 166 valence electrons. The number of carbonyl (C=O) groups excluding carboxylic acids is 1. The summed E-state index contributed by atoms with van der Waals surface area (Å²) in [6.07, 6.45) is 8.01. The fourth-order valence-electron chi connectivity index (χ4n) is 3.05. The molecule has 29 heavy (non-hydrogen) atoms. The Hall–Kier alpha value is -1.49. The highest BCUT2D eigenvalue weighted by atomic mass is 17.2. The molecule has 0 saturated heterocycles. The summed E-state index contributed by atoms with van der Waals surface area (Å²) < 4.78 is 0. The summed E-state index contributed by atoms with van der Waals surface area (Å²) in [7, 11) is 0. The van der Waals surface area contributed by atoms with Crippen LogP contribution in [0.4, 0.5) is 0 Å². The third kappa shape index (κ3) is 12.6. The summed E-state index contributed by atoms with van der Waals surface area (Å²) in [5.74, 6) is 0.126. The SMILES string of the molecule is C=C(C)CCC=C(C)C.C=C(C)CCOOC1CC(C)C(=O)CC1/C(=C\C)CO. The first-order chi connectivity index (χ1) is 13.6. The highest BCUT2D eigenvalue weighted by molar-refractivity contribution is 5.82. The van der Waals surface area contributed by atoms with Gasteiger partial charge in [0.05, 0.1) is 13.2 Å². The Kier molecular flexibility index (Phi) is 14.6. The normalized spacial score (nSPS) is 21.8. The van der Waals surface area contributed by atoms with Crippen molar-refractivity contribution in [1.82, 2.24) is 0 Å². The Balaban J connectivity index is 0.000000734. The van der Waals surface area contributed by atoms with Gasteiger partial charge in [-0.15, -0.1) is 13.2 Å². The number of Topliss-reactive ketones (excluding diaryl/α,β-unsaturated/α-hetero) is 1. The molecule has 0 spiro atoms. The smallest absolute Gasteiger partial charge is 0.136 e. The van der Waals surface area contributed by atoms with Crippen LogP contribution in [0.3, 0.4) is 0 Å². The number of hydrogen-bond acceptors (Lipinski definition) is 4. The van der Waals surface area contributed by atoms with Crippen molar-refractivity contribution in [2.45, 2.75) is 79.8 Å². The van der Waals surface area contributed by atoms with Gasteiger partial charge in [-0.1, -0.05) is 35.8 Å². The molecule has 1 fully saturated rings. The maximum absolute atomic E-state index is 11.9. The fraction of sp³-hybridized carbons (Fsp3) is 0.640. The molecule has 0 radical (unpaired) electrons. The molecule has 3 unspecified atom stereocenters. The zero-order valence-electron chi connectivity index (χ0n) is 19.4. The van der Waals surface area contributed by atoms with Gasteiger partial charge >= 0.3 is 0 Å². The van der Waals surface area contributed by atoms with E-state index in [4.69, 9.17) is 9.78 Å². The topological polar surface area (TPSA) is 55.8 Å². The van der Waals surface area contributed by atoms with Crippen LogP contribution in [0, 0.1) is 11.8 Å². The minimum atomic E-state index is -0.175. The Morgan fingerprint density at radius 1 is 1.17 bits per heavy atom. The molecule has 0 aromatic heterocycles. The first-order valence-electron chi connectivity index (χ1n) is 10.6. The van der Waals surface area contributed by atoms with Gasteiger partial charge in [-0.05, 0) is 65.9 Å². The lowest BCUT2D eigenvalue weighted by Crippen LogP contribution is -2.38. The van der Waals surface area contributed by atoms with Crippen LogP contribution in [0.1, 0.15) is 73.6 Å². The summed E-state index contributed by atoms with van der Waals surface area (Å²) in [4.78, 5) is 22.6. The van der Waals surface area contributed by atoms with Gasteiger partial charge in [0.25, 0.3) is 0 Å². The maximum atomic E-state index is 11.9. The molecule has 1 aliphatic rings. The van der Waals surface area contributed by atoms with Gasteiger partial charge in [0.2, 0.25) is 0 Å². The van der Waals surface area contributed by atoms with Crippen LogP contribution in [-0.2, 0) is 14.6 Å². The van der Waals surface area contributed by atoms with Crippen LogP contribution in [0.25, 0.3) is 0 Å². The largest absolute Gasteiger partial charge is 0.392 e. The van der Waals surface area contributed by atoms with Crippen LogP contribution in [0.5, 0.6) is 0 Å². The van der Waals surface area contributed by atoms with Crippen LogP contribution in [0.15, 0.2) is 47.6 Å². The Morgan fingerprint density at radius 3 is 2.28 bits per heavy atom. The molecule has 1 N–H and O–H groups in total. The fourth-order valence-corrected chi connectivity index (χ4v) is 3.05.